The van der Waals surface area contributed by atoms with Crippen LogP contribution in [0.4, 0.5) is 13.2 Å². The van der Waals surface area contributed by atoms with E-state index >= 15 is 0 Å². The lowest BCUT2D eigenvalue weighted by atomic mass is 9.81. The molecule has 1 aromatic rings. The summed E-state index contributed by atoms with van der Waals surface area (Å²) < 4.78 is 49.4. The van der Waals surface area contributed by atoms with Crippen LogP contribution in [0.5, 0.6) is 0 Å². The minimum absolute atomic E-state index is 0.240. The molecular weight excluding hydrogens is 270 g/mol. The van der Waals surface area contributed by atoms with Gasteiger partial charge in [-0.15, -0.1) is 0 Å². The van der Waals surface area contributed by atoms with E-state index in [1.54, 1.807) is 0 Å². The summed E-state index contributed by atoms with van der Waals surface area (Å²) in [6, 6.07) is 1.08. The lowest BCUT2D eigenvalue weighted by Crippen LogP contribution is -2.41. The van der Waals surface area contributed by atoms with Gasteiger partial charge in [0.1, 0.15) is 0 Å². The molecule has 20 heavy (non-hydrogen) atoms. The first-order valence-electron chi connectivity index (χ1n) is 6.38. The lowest BCUT2D eigenvalue weighted by Gasteiger charge is -2.32. The predicted molar refractivity (Wildman–Crippen MR) is 69.0 cm³/mol. The molecule has 3 nitrogen and oxygen atoms in total. The summed E-state index contributed by atoms with van der Waals surface area (Å²) in [6.45, 7) is 7.60. The molecule has 7 heteroatoms. The predicted octanol–water partition coefficient (Wildman–Crippen LogP) is 3.27. The molecule has 110 valence electrons. The average molecular weight is 287 g/mol. The zero-order valence-electron chi connectivity index (χ0n) is 11.9. The first-order chi connectivity index (χ1) is 9.01. The Morgan fingerprint density at radius 2 is 1.65 bits per heavy atom. The number of pyridine rings is 1. The largest absolute Gasteiger partial charge is 0.462 e. The van der Waals surface area contributed by atoms with Crippen molar-refractivity contribution < 1.29 is 22.5 Å². The van der Waals surface area contributed by atoms with Gasteiger partial charge in [-0.1, -0.05) is 0 Å². The zero-order valence-corrected chi connectivity index (χ0v) is 11.9. The zero-order chi connectivity index (χ0) is 15.2. The molecule has 0 radical (unpaired) electrons. The van der Waals surface area contributed by atoms with Crippen molar-refractivity contribution in [3.63, 3.8) is 0 Å². The third kappa shape index (κ3) is 2.98. The van der Waals surface area contributed by atoms with Gasteiger partial charge in [-0.3, -0.25) is 4.98 Å². The Balaban J connectivity index is 2.13. The lowest BCUT2D eigenvalue weighted by molar-refractivity contribution is -0.137. The second-order valence-corrected chi connectivity index (χ2v) is 5.97. The van der Waals surface area contributed by atoms with Crippen molar-refractivity contribution in [2.45, 2.75) is 51.4 Å². The van der Waals surface area contributed by atoms with Gasteiger partial charge in [0.2, 0.25) is 0 Å². The molecule has 0 spiro atoms. The van der Waals surface area contributed by atoms with Crippen LogP contribution in [0.3, 0.4) is 0 Å². The van der Waals surface area contributed by atoms with E-state index < -0.39 is 30.1 Å². The Kier molecular flexibility index (Phi) is 3.63. The number of halogens is 3. The summed E-state index contributed by atoms with van der Waals surface area (Å²) in [6.07, 6.45) is -1.93. The van der Waals surface area contributed by atoms with Crippen LogP contribution in [0.1, 0.15) is 38.8 Å². The third-order valence-electron chi connectivity index (χ3n) is 3.83. The molecular formula is C13H17BF3NO2. The number of hydrogen-bond acceptors (Lipinski definition) is 3. The van der Waals surface area contributed by atoms with Gasteiger partial charge in [-0.05, 0) is 39.3 Å². The highest BCUT2D eigenvalue weighted by Crippen LogP contribution is 2.37. The highest BCUT2D eigenvalue weighted by Gasteiger charge is 2.50. The van der Waals surface area contributed by atoms with Crippen LogP contribution >= 0.6 is 0 Å². The number of hydrogen-bond donors (Lipinski definition) is 0. The van der Waals surface area contributed by atoms with Gasteiger partial charge >= 0.3 is 13.3 Å². The molecule has 0 aliphatic carbocycles. The molecule has 2 heterocycles. The van der Waals surface area contributed by atoms with Crippen LogP contribution in [-0.2, 0) is 21.8 Å². The second-order valence-electron chi connectivity index (χ2n) is 5.97. The Bertz CT molecular complexity index is 487. The summed E-state index contributed by atoms with van der Waals surface area (Å²) in [5, 5.41) is 0. The van der Waals surface area contributed by atoms with Gasteiger partial charge in [-0.2, -0.15) is 13.2 Å². The molecule has 1 aliphatic heterocycles. The maximum atomic E-state index is 12.6. The fourth-order valence-electron chi connectivity index (χ4n) is 2.00. The molecule has 0 atom stereocenters. The van der Waals surface area contributed by atoms with Gasteiger partial charge in [0.05, 0.1) is 16.8 Å². The average Bonchev–Trinajstić information content (AvgIpc) is 2.46. The summed E-state index contributed by atoms with van der Waals surface area (Å²) in [4.78, 5) is 3.63. The van der Waals surface area contributed by atoms with Crippen molar-refractivity contribution in [3.05, 3.63) is 29.6 Å². The first kappa shape index (κ1) is 15.3. The molecule has 0 N–H and O–H groups in total. The van der Waals surface area contributed by atoms with Crippen molar-refractivity contribution >= 4 is 7.12 Å². The van der Waals surface area contributed by atoms with Gasteiger partial charge < -0.3 is 9.31 Å². The fraction of sp³-hybridized carbons (Fsp3) is 0.615. The summed E-state index contributed by atoms with van der Waals surface area (Å²) in [7, 11) is -0.565. The molecule has 1 aromatic heterocycles. The van der Waals surface area contributed by atoms with Gasteiger partial charge in [0.25, 0.3) is 0 Å². The molecule has 0 unspecified atom stereocenters. The van der Waals surface area contributed by atoms with E-state index in [9.17, 15) is 13.2 Å². The molecule has 1 fully saturated rings. The molecule has 0 saturated carbocycles. The van der Waals surface area contributed by atoms with Crippen molar-refractivity contribution in [1.29, 1.82) is 0 Å². The minimum Gasteiger partial charge on any atom is -0.403 e. The normalized spacial score (nSPS) is 21.2. The van der Waals surface area contributed by atoms with Gasteiger partial charge in [0.15, 0.2) is 0 Å². The van der Waals surface area contributed by atoms with E-state index in [0.29, 0.717) is 5.56 Å². The van der Waals surface area contributed by atoms with Crippen LogP contribution in [-0.4, -0.2) is 23.3 Å². The quantitative estimate of drug-likeness (QED) is 0.782. The topological polar surface area (TPSA) is 31.4 Å². The smallest absolute Gasteiger partial charge is 0.403 e. The van der Waals surface area contributed by atoms with Crippen LogP contribution in [0.25, 0.3) is 0 Å². The van der Waals surface area contributed by atoms with Gasteiger partial charge in [-0.25, -0.2) is 0 Å². The van der Waals surface area contributed by atoms with E-state index in [4.69, 9.17) is 9.31 Å². The van der Waals surface area contributed by atoms with Crippen molar-refractivity contribution in [3.8, 4) is 0 Å². The second kappa shape index (κ2) is 4.74. The van der Waals surface area contributed by atoms with Crippen LogP contribution in [0.15, 0.2) is 18.5 Å². The number of nitrogens with zero attached hydrogens (tertiary/aromatic N) is 1. The SMILES string of the molecule is CC1(C)OB(Cc2cncc(C(F)(F)F)c2)OC1(C)C. The maximum Gasteiger partial charge on any atom is 0.462 e. The monoisotopic (exact) mass is 287 g/mol. The third-order valence-corrected chi connectivity index (χ3v) is 3.83. The van der Waals surface area contributed by atoms with Crippen LogP contribution in [0, 0.1) is 0 Å². The number of aromatic nitrogens is 1. The molecule has 2 rings (SSSR count). The van der Waals surface area contributed by atoms with Crippen LogP contribution < -0.4 is 0 Å². The Morgan fingerprint density at radius 1 is 1.10 bits per heavy atom. The Labute approximate surface area is 116 Å². The summed E-state index contributed by atoms with van der Waals surface area (Å²) >= 11 is 0. The Morgan fingerprint density at radius 3 is 2.15 bits per heavy atom. The summed E-state index contributed by atoms with van der Waals surface area (Å²) in [5.74, 6) is 0. The van der Waals surface area contributed by atoms with E-state index in [1.165, 1.54) is 6.20 Å². The molecule has 1 saturated heterocycles. The van der Waals surface area contributed by atoms with Crippen molar-refractivity contribution in [1.82, 2.24) is 4.98 Å². The molecule has 0 amide bonds. The summed E-state index contributed by atoms with van der Waals surface area (Å²) in [5.41, 5.74) is -1.30. The van der Waals surface area contributed by atoms with E-state index in [2.05, 4.69) is 4.98 Å². The van der Waals surface area contributed by atoms with Crippen LogP contribution in [0.2, 0.25) is 0 Å². The number of rotatable bonds is 2. The van der Waals surface area contributed by atoms with E-state index in [0.717, 1.165) is 12.3 Å². The standard InChI is InChI=1S/C13H17BF3NO2/c1-11(2)12(3,4)20-14(19-11)6-9-5-10(8-18-7-9)13(15,16)17/h5,7-8H,6H2,1-4H3. The van der Waals surface area contributed by atoms with Crippen molar-refractivity contribution in [2.24, 2.45) is 0 Å². The van der Waals surface area contributed by atoms with E-state index in [1.807, 2.05) is 27.7 Å². The maximum absolute atomic E-state index is 12.6. The highest BCUT2D eigenvalue weighted by molar-refractivity contribution is 6.45. The minimum atomic E-state index is -4.39. The number of alkyl halides is 3. The fourth-order valence-corrected chi connectivity index (χ4v) is 2.00. The van der Waals surface area contributed by atoms with E-state index in [-0.39, 0.29) is 6.32 Å². The van der Waals surface area contributed by atoms with Crippen molar-refractivity contribution in [2.75, 3.05) is 0 Å². The molecule has 1 aliphatic rings. The molecule has 0 aromatic carbocycles. The highest BCUT2D eigenvalue weighted by atomic mass is 19.4. The molecule has 0 bridgehead atoms. The first-order valence-corrected chi connectivity index (χ1v) is 6.38. The Hall–Kier alpha value is -1.08. The van der Waals surface area contributed by atoms with Gasteiger partial charge in [0, 0.05) is 18.7 Å².